The molecule has 0 N–H and O–H groups in total. The molecule has 0 unspecified atom stereocenters. The molecular formula is C12H21N. The van der Waals surface area contributed by atoms with Gasteiger partial charge in [0.05, 0.1) is 0 Å². The number of rotatable bonds is 1. The van der Waals surface area contributed by atoms with Gasteiger partial charge in [0.15, 0.2) is 0 Å². The quantitative estimate of drug-likeness (QED) is 0.638. The molecule has 1 nitrogen and oxygen atoms in total. The molecule has 0 saturated heterocycles. The fraction of sp³-hybridized carbons (Fsp3) is 0.583. The van der Waals surface area contributed by atoms with Gasteiger partial charge in [-0.15, -0.1) is 0 Å². The maximum absolute atomic E-state index is 4.32. The average molecular weight is 179 g/mol. The zero-order chi connectivity index (χ0) is 10.4. The van der Waals surface area contributed by atoms with Crippen molar-refractivity contribution in [2.75, 3.05) is 0 Å². The van der Waals surface area contributed by atoms with Gasteiger partial charge in [-0.25, -0.2) is 0 Å². The van der Waals surface area contributed by atoms with E-state index in [9.17, 15) is 0 Å². The fourth-order valence-corrected chi connectivity index (χ4v) is 1.20. The fourth-order valence-electron chi connectivity index (χ4n) is 1.20. The molecule has 1 heterocycles. The standard InChI is InChI=1S/C10H15N.C2H6/c1-7(2)10-5-8(3)11-9(4)6-10;1-2/h5-7H,1-4H3;1-2H3. The molecule has 1 rings (SSSR count). The molecule has 1 aromatic heterocycles. The van der Waals surface area contributed by atoms with Crippen molar-refractivity contribution >= 4 is 0 Å². The summed E-state index contributed by atoms with van der Waals surface area (Å²) in [5.74, 6) is 0.607. The summed E-state index contributed by atoms with van der Waals surface area (Å²) in [6.45, 7) is 12.5. The summed E-state index contributed by atoms with van der Waals surface area (Å²) in [7, 11) is 0. The van der Waals surface area contributed by atoms with E-state index in [2.05, 4.69) is 31.0 Å². The first kappa shape index (κ1) is 12.2. The predicted octanol–water partition coefficient (Wildman–Crippen LogP) is 3.85. The summed E-state index contributed by atoms with van der Waals surface area (Å²) in [6, 6.07) is 4.30. The van der Waals surface area contributed by atoms with Gasteiger partial charge < -0.3 is 0 Å². The number of aromatic nitrogens is 1. The minimum atomic E-state index is 0.607. The van der Waals surface area contributed by atoms with E-state index in [1.807, 2.05) is 27.7 Å². The summed E-state index contributed by atoms with van der Waals surface area (Å²) >= 11 is 0. The zero-order valence-electron chi connectivity index (χ0n) is 9.68. The van der Waals surface area contributed by atoms with E-state index >= 15 is 0 Å². The van der Waals surface area contributed by atoms with E-state index in [0.717, 1.165) is 11.4 Å². The van der Waals surface area contributed by atoms with Crippen LogP contribution in [0.25, 0.3) is 0 Å². The van der Waals surface area contributed by atoms with Crippen LogP contribution in [-0.4, -0.2) is 4.98 Å². The van der Waals surface area contributed by atoms with Gasteiger partial charge in [-0.3, -0.25) is 4.98 Å². The van der Waals surface area contributed by atoms with Crippen LogP contribution in [0.2, 0.25) is 0 Å². The third-order valence-corrected chi connectivity index (χ3v) is 1.77. The largest absolute Gasteiger partial charge is 0.258 e. The van der Waals surface area contributed by atoms with Crippen LogP contribution < -0.4 is 0 Å². The van der Waals surface area contributed by atoms with Crippen LogP contribution in [0.4, 0.5) is 0 Å². The monoisotopic (exact) mass is 179 g/mol. The van der Waals surface area contributed by atoms with Gasteiger partial charge >= 0.3 is 0 Å². The Labute approximate surface area is 82.2 Å². The lowest BCUT2D eigenvalue weighted by Gasteiger charge is -2.06. The first-order valence-electron chi connectivity index (χ1n) is 5.05. The highest BCUT2D eigenvalue weighted by atomic mass is 14.7. The Kier molecular flexibility index (Phi) is 5.36. The normalized spacial score (nSPS) is 9.46. The Morgan fingerprint density at radius 3 is 1.69 bits per heavy atom. The van der Waals surface area contributed by atoms with E-state index in [-0.39, 0.29) is 0 Å². The molecule has 1 aromatic rings. The van der Waals surface area contributed by atoms with Crippen LogP contribution >= 0.6 is 0 Å². The Balaban J connectivity index is 0.000000671. The maximum atomic E-state index is 4.32. The molecule has 0 aliphatic heterocycles. The zero-order valence-corrected chi connectivity index (χ0v) is 9.68. The Hall–Kier alpha value is -0.850. The molecule has 1 heteroatoms. The van der Waals surface area contributed by atoms with Crippen molar-refractivity contribution < 1.29 is 0 Å². The molecule has 0 aliphatic carbocycles. The maximum Gasteiger partial charge on any atom is 0.0378 e. The molecule has 0 aliphatic rings. The number of aryl methyl sites for hydroxylation is 2. The highest BCUT2D eigenvalue weighted by molar-refractivity contribution is 5.22. The minimum absolute atomic E-state index is 0.607. The second-order valence-corrected chi connectivity index (χ2v) is 3.34. The molecule has 0 amide bonds. The SMILES string of the molecule is CC.Cc1cc(C(C)C)cc(C)n1. The number of hydrogen-bond donors (Lipinski definition) is 0. The molecule has 0 bridgehead atoms. The number of pyridine rings is 1. The summed E-state index contributed by atoms with van der Waals surface area (Å²) in [5, 5.41) is 0. The van der Waals surface area contributed by atoms with Crippen molar-refractivity contribution in [3.05, 3.63) is 29.1 Å². The average Bonchev–Trinajstić information content (AvgIpc) is 2.06. The van der Waals surface area contributed by atoms with Crippen molar-refractivity contribution in [3.63, 3.8) is 0 Å². The lowest BCUT2D eigenvalue weighted by Crippen LogP contribution is -1.92. The molecule has 0 saturated carbocycles. The van der Waals surface area contributed by atoms with Crippen LogP contribution in [0, 0.1) is 13.8 Å². The van der Waals surface area contributed by atoms with E-state index < -0.39 is 0 Å². The second-order valence-electron chi connectivity index (χ2n) is 3.34. The van der Waals surface area contributed by atoms with Gasteiger partial charge in [0.2, 0.25) is 0 Å². The molecule has 0 fully saturated rings. The van der Waals surface area contributed by atoms with Gasteiger partial charge in [-0.2, -0.15) is 0 Å². The molecule has 0 aromatic carbocycles. The van der Waals surface area contributed by atoms with Crippen molar-refractivity contribution in [1.82, 2.24) is 4.98 Å². The van der Waals surface area contributed by atoms with Gasteiger partial charge in [0.25, 0.3) is 0 Å². The Morgan fingerprint density at radius 2 is 1.38 bits per heavy atom. The molecule has 0 spiro atoms. The van der Waals surface area contributed by atoms with E-state index in [0.29, 0.717) is 5.92 Å². The first-order chi connectivity index (χ1) is 6.09. The highest BCUT2D eigenvalue weighted by Crippen LogP contribution is 2.15. The van der Waals surface area contributed by atoms with Crippen molar-refractivity contribution in [3.8, 4) is 0 Å². The molecular weight excluding hydrogens is 158 g/mol. The summed E-state index contributed by atoms with van der Waals surface area (Å²) in [6.07, 6.45) is 0. The lowest BCUT2D eigenvalue weighted by molar-refractivity contribution is 0.854. The topological polar surface area (TPSA) is 12.9 Å². The first-order valence-corrected chi connectivity index (χ1v) is 5.05. The Bertz CT molecular complexity index is 231. The van der Waals surface area contributed by atoms with Crippen molar-refractivity contribution in [2.24, 2.45) is 0 Å². The lowest BCUT2D eigenvalue weighted by atomic mass is 10.0. The van der Waals surface area contributed by atoms with Crippen LogP contribution in [0.15, 0.2) is 12.1 Å². The predicted molar refractivity (Wildman–Crippen MR) is 59.1 cm³/mol. The third kappa shape index (κ3) is 4.07. The second kappa shape index (κ2) is 5.74. The summed E-state index contributed by atoms with van der Waals surface area (Å²) < 4.78 is 0. The minimum Gasteiger partial charge on any atom is -0.258 e. The smallest absolute Gasteiger partial charge is 0.0378 e. The molecule has 0 radical (unpaired) electrons. The van der Waals surface area contributed by atoms with Crippen LogP contribution in [0.3, 0.4) is 0 Å². The van der Waals surface area contributed by atoms with Crippen LogP contribution in [0.1, 0.15) is 50.6 Å². The molecule has 0 atom stereocenters. The number of nitrogens with zero attached hydrogens (tertiary/aromatic N) is 1. The van der Waals surface area contributed by atoms with Crippen LogP contribution in [0.5, 0.6) is 0 Å². The highest BCUT2D eigenvalue weighted by Gasteiger charge is 2.00. The van der Waals surface area contributed by atoms with Gasteiger partial charge in [-0.1, -0.05) is 27.7 Å². The molecule has 13 heavy (non-hydrogen) atoms. The van der Waals surface area contributed by atoms with E-state index in [1.165, 1.54) is 5.56 Å². The van der Waals surface area contributed by atoms with Gasteiger partial charge in [-0.05, 0) is 37.5 Å². The third-order valence-electron chi connectivity index (χ3n) is 1.77. The Morgan fingerprint density at radius 1 is 1.00 bits per heavy atom. The van der Waals surface area contributed by atoms with Crippen molar-refractivity contribution in [2.45, 2.75) is 47.5 Å². The van der Waals surface area contributed by atoms with Crippen molar-refractivity contribution in [1.29, 1.82) is 0 Å². The number of hydrogen-bond acceptors (Lipinski definition) is 1. The van der Waals surface area contributed by atoms with Gasteiger partial charge in [0.1, 0.15) is 0 Å². The van der Waals surface area contributed by atoms with E-state index in [1.54, 1.807) is 0 Å². The summed E-state index contributed by atoms with van der Waals surface area (Å²) in [4.78, 5) is 4.32. The molecule has 74 valence electrons. The summed E-state index contributed by atoms with van der Waals surface area (Å²) in [5.41, 5.74) is 3.62. The van der Waals surface area contributed by atoms with Crippen LogP contribution in [-0.2, 0) is 0 Å². The van der Waals surface area contributed by atoms with Gasteiger partial charge in [0, 0.05) is 11.4 Å². The van der Waals surface area contributed by atoms with E-state index in [4.69, 9.17) is 0 Å².